The van der Waals surface area contributed by atoms with E-state index in [-0.39, 0.29) is 6.10 Å². The van der Waals surface area contributed by atoms with E-state index in [1.165, 1.54) is 14.2 Å². The summed E-state index contributed by atoms with van der Waals surface area (Å²) in [5.74, 6) is 1.95. The lowest BCUT2D eigenvalue weighted by Crippen LogP contribution is -2.20. The van der Waals surface area contributed by atoms with Gasteiger partial charge in [-0.2, -0.15) is 0 Å². The van der Waals surface area contributed by atoms with E-state index in [9.17, 15) is 5.11 Å². The van der Waals surface area contributed by atoms with Gasteiger partial charge in [0, 0.05) is 12.5 Å². The van der Waals surface area contributed by atoms with Gasteiger partial charge in [0.2, 0.25) is 5.75 Å². The smallest absolute Gasteiger partial charge is 0.203 e. The number of methoxy groups -OCH3 is 3. The Kier molecular flexibility index (Phi) is 4.30. The fraction of sp³-hybridized carbons (Fsp3) is 0.333. The van der Waals surface area contributed by atoms with Crippen LogP contribution in [0.1, 0.15) is 29.8 Å². The molecule has 0 spiro atoms. The van der Waals surface area contributed by atoms with Gasteiger partial charge in [-0.3, -0.25) is 0 Å². The molecule has 5 heteroatoms. The minimum absolute atomic E-state index is 0.221. The highest BCUT2D eigenvalue weighted by atomic mass is 16.5. The van der Waals surface area contributed by atoms with E-state index in [4.69, 9.17) is 18.9 Å². The zero-order valence-electron chi connectivity index (χ0n) is 13.4. The summed E-state index contributed by atoms with van der Waals surface area (Å²) in [5.41, 5.74) is 1.61. The van der Waals surface area contributed by atoms with Crippen LogP contribution in [-0.4, -0.2) is 26.4 Å². The average Bonchev–Trinajstić information content (AvgIpc) is 2.60. The van der Waals surface area contributed by atoms with Gasteiger partial charge >= 0.3 is 0 Å². The van der Waals surface area contributed by atoms with Crippen molar-refractivity contribution in [1.29, 1.82) is 0 Å². The highest BCUT2D eigenvalue weighted by molar-refractivity contribution is 5.63. The van der Waals surface area contributed by atoms with Crippen molar-refractivity contribution >= 4 is 0 Å². The zero-order chi connectivity index (χ0) is 16.4. The molecule has 0 saturated heterocycles. The van der Waals surface area contributed by atoms with E-state index in [2.05, 4.69) is 0 Å². The van der Waals surface area contributed by atoms with Gasteiger partial charge in [-0.05, 0) is 5.56 Å². The van der Waals surface area contributed by atoms with Gasteiger partial charge in [0.05, 0.1) is 33.0 Å². The Morgan fingerprint density at radius 1 is 1.00 bits per heavy atom. The molecule has 0 saturated carbocycles. The van der Waals surface area contributed by atoms with Crippen molar-refractivity contribution in [2.24, 2.45) is 0 Å². The molecule has 0 unspecified atom stereocenters. The summed E-state index contributed by atoms with van der Waals surface area (Å²) < 4.78 is 22.3. The van der Waals surface area contributed by atoms with E-state index in [1.54, 1.807) is 13.2 Å². The van der Waals surface area contributed by atoms with Crippen molar-refractivity contribution in [2.45, 2.75) is 18.6 Å². The van der Waals surface area contributed by atoms with Crippen molar-refractivity contribution < 1.29 is 24.1 Å². The average molecular weight is 316 g/mol. The van der Waals surface area contributed by atoms with Gasteiger partial charge < -0.3 is 24.1 Å². The van der Waals surface area contributed by atoms with Crippen LogP contribution in [0.25, 0.3) is 0 Å². The Hall–Kier alpha value is -2.40. The second-order valence-electron chi connectivity index (χ2n) is 5.33. The van der Waals surface area contributed by atoms with E-state index < -0.39 is 6.10 Å². The third kappa shape index (κ3) is 2.68. The topological polar surface area (TPSA) is 57.2 Å². The minimum atomic E-state index is -0.710. The van der Waals surface area contributed by atoms with Crippen molar-refractivity contribution in [2.75, 3.05) is 21.3 Å². The number of aliphatic hydroxyl groups excluding tert-OH is 1. The van der Waals surface area contributed by atoms with Gasteiger partial charge in [0.15, 0.2) is 11.5 Å². The van der Waals surface area contributed by atoms with Gasteiger partial charge in [-0.15, -0.1) is 0 Å². The van der Waals surface area contributed by atoms with Gasteiger partial charge in [0.1, 0.15) is 11.9 Å². The summed E-state index contributed by atoms with van der Waals surface area (Å²) >= 11 is 0. The molecule has 0 radical (unpaired) electrons. The van der Waals surface area contributed by atoms with Crippen molar-refractivity contribution in [3.8, 4) is 23.0 Å². The molecule has 0 amide bonds. The first-order valence-corrected chi connectivity index (χ1v) is 7.42. The molecule has 0 fully saturated rings. The van der Waals surface area contributed by atoms with Crippen molar-refractivity contribution in [1.82, 2.24) is 0 Å². The predicted molar refractivity (Wildman–Crippen MR) is 85.5 cm³/mol. The number of aliphatic hydroxyl groups is 1. The molecule has 1 N–H and O–H groups in total. The first kappa shape index (κ1) is 15.5. The lowest BCUT2D eigenvalue weighted by atomic mass is 9.94. The molecule has 1 aliphatic rings. The van der Waals surface area contributed by atoms with Gasteiger partial charge in [-0.1, -0.05) is 30.3 Å². The molecule has 5 nitrogen and oxygen atoms in total. The fourth-order valence-electron chi connectivity index (χ4n) is 2.96. The summed E-state index contributed by atoms with van der Waals surface area (Å²) in [5, 5.41) is 10.6. The van der Waals surface area contributed by atoms with Crippen molar-refractivity contribution in [3.05, 3.63) is 47.5 Å². The summed E-state index contributed by atoms with van der Waals surface area (Å²) in [6.45, 7) is 0. The van der Waals surface area contributed by atoms with E-state index in [0.717, 1.165) is 5.56 Å². The van der Waals surface area contributed by atoms with Crippen LogP contribution < -0.4 is 18.9 Å². The molecule has 0 aliphatic carbocycles. The maximum absolute atomic E-state index is 10.6. The summed E-state index contributed by atoms with van der Waals surface area (Å²) in [6, 6.07) is 11.6. The molecule has 1 heterocycles. The molecule has 122 valence electrons. The molecule has 2 aromatic carbocycles. The quantitative estimate of drug-likeness (QED) is 0.938. The van der Waals surface area contributed by atoms with Crippen LogP contribution >= 0.6 is 0 Å². The number of ether oxygens (including phenoxy) is 4. The lowest BCUT2D eigenvalue weighted by Gasteiger charge is -2.32. The maximum atomic E-state index is 10.6. The first-order chi connectivity index (χ1) is 11.2. The van der Waals surface area contributed by atoms with Crippen LogP contribution in [0.15, 0.2) is 36.4 Å². The third-order valence-corrected chi connectivity index (χ3v) is 4.04. The summed E-state index contributed by atoms with van der Waals surface area (Å²) in [4.78, 5) is 0. The normalized spacial score (nSPS) is 19.5. The SMILES string of the molecule is COc1cc2c(c(OC)c1OC)[C@H](O)C[C@@H](c1ccccc1)O2. The monoisotopic (exact) mass is 316 g/mol. The molecule has 2 aromatic rings. The van der Waals surface area contributed by atoms with Crippen LogP contribution in [0.5, 0.6) is 23.0 Å². The summed E-state index contributed by atoms with van der Waals surface area (Å²) in [6.07, 6.45) is -0.483. The fourth-order valence-corrected chi connectivity index (χ4v) is 2.96. The van der Waals surface area contributed by atoms with Crippen LogP contribution in [0.2, 0.25) is 0 Å². The third-order valence-electron chi connectivity index (χ3n) is 4.04. The molecular weight excluding hydrogens is 296 g/mol. The minimum Gasteiger partial charge on any atom is -0.493 e. The number of benzene rings is 2. The second-order valence-corrected chi connectivity index (χ2v) is 5.33. The largest absolute Gasteiger partial charge is 0.493 e. The van der Waals surface area contributed by atoms with Crippen molar-refractivity contribution in [3.63, 3.8) is 0 Å². The van der Waals surface area contributed by atoms with E-state index in [0.29, 0.717) is 35.0 Å². The molecule has 0 bridgehead atoms. The maximum Gasteiger partial charge on any atom is 0.203 e. The van der Waals surface area contributed by atoms with Crippen LogP contribution in [0.4, 0.5) is 0 Å². The zero-order valence-corrected chi connectivity index (χ0v) is 13.4. The molecular formula is C18H20O5. The Morgan fingerprint density at radius 3 is 2.30 bits per heavy atom. The molecule has 1 aliphatic heterocycles. The first-order valence-electron chi connectivity index (χ1n) is 7.42. The van der Waals surface area contributed by atoms with Crippen LogP contribution in [0.3, 0.4) is 0 Å². The molecule has 0 aromatic heterocycles. The standard InChI is InChI=1S/C18H20O5/c1-20-15-10-14-16(18(22-3)17(15)21-2)12(19)9-13(23-14)11-7-5-4-6-8-11/h4-8,10,12-13,19H,9H2,1-3H3/t12-,13+/m1/s1. The highest BCUT2D eigenvalue weighted by Crippen LogP contribution is 2.52. The highest BCUT2D eigenvalue weighted by Gasteiger charge is 2.34. The van der Waals surface area contributed by atoms with Gasteiger partial charge in [-0.25, -0.2) is 0 Å². The Morgan fingerprint density at radius 2 is 1.70 bits per heavy atom. The number of rotatable bonds is 4. The molecule has 3 rings (SSSR count). The molecule has 23 heavy (non-hydrogen) atoms. The predicted octanol–water partition coefficient (Wildman–Crippen LogP) is 3.27. The van der Waals surface area contributed by atoms with E-state index in [1.807, 2.05) is 30.3 Å². The molecule has 2 atom stereocenters. The van der Waals surface area contributed by atoms with E-state index >= 15 is 0 Å². The Labute approximate surface area is 135 Å². The number of hydrogen-bond acceptors (Lipinski definition) is 5. The second kappa shape index (κ2) is 6.38. The number of hydrogen-bond donors (Lipinski definition) is 1. The van der Waals surface area contributed by atoms with Gasteiger partial charge in [0.25, 0.3) is 0 Å². The Bertz CT molecular complexity index is 684. The summed E-state index contributed by atoms with van der Waals surface area (Å²) in [7, 11) is 4.63. The number of fused-ring (bicyclic) bond motifs is 1. The lowest BCUT2D eigenvalue weighted by molar-refractivity contribution is 0.0624. The Balaban J connectivity index is 2.08. The van der Waals surface area contributed by atoms with Crippen LogP contribution in [-0.2, 0) is 0 Å². The van der Waals surface area contributed by atoms with Crippen LogP contribution in [0, 0.1) is 0 Å².